The minimum atomic E-state index is -0.301. The molecule has 0 fully saturated rings. The van der Waals surface area contributed by atoms with Gasteiger partial charge in [-0.1, -0.05) is 29.3 Å². The van der Waals surface area contributed by atoms with E-state index in [1.165, 1.54) is 0 Å². The fraction of sp³-hybridized carbons (Fsp3) is 0.389. The van der Waals surface area contributed by atoms with Gasteiger partial charge in [0, 0.05) is 40.6 Å². The van der Waals surface area contributed by atoms with Crippen molar-refractivity contribution < 1.29 is 4.79 Å². The highest BCUT2D eigenvalue weighted by Gasteiger charge is 2.34. The largest absolute Gasteiger partial charge is 0.348 e. The second kappa shape index (κ2) is 6.34. The molecule has 1 aromatic carbocycles. The summed E-state index contributed by atoms with van der Waals surface area (Å²) in [4.78, 5) is 14.7. The second-order valence-corrected chi connectivity index (χ2v) is 7.91. The van der Waals surface area contributed by atoms with E-state index < -0.39 is 0 Å². The molecule has 2 aromatic rings. The summed E-state index contributed by atoms with van der Waals surface area (Å²) in [5.74, 6) is 0. The zero-order chi connectivity index (χ0) is 17.5. The summed E-state index contributed by atoms with van der Waals surface area (Å²) in [5.41, 5.74) is 1.63. The quantitative estimate of drug-likeness (QED) is 0.780. The monoisotopic (exact) mass is 365 g/mol. The number of benzene rings is 1. The van der Waals surface area contributed by atoms with Gasteiger partial charge in [0.2, 0.25) is 0 Å². The number of urea groups is 1. The Bertz CT molecular complexity index is 764. The lowest BCUT2D eigenvalue weighted by Gasteiger charge is -2.39. The molecule has 0 aliphatic carbocycles. The van der Waals surface area contributed by atoms with Gasteiger partial charge in [-0.05, 0) is 50.6 Å². The molecule has 4 nitrogen and oxygen atoms in total. The number of carbonyl (C=O) groups excluding carboxylic acids is 1. The van der Waals surface area contributed by atoms with Gasteiger partial charge < -0.3 is 14.8 Å². The van der Waals surface area contributed by atoms with Crippen molar-refractivity contribution in [3.05, 3.63) is 57.8 Å². The van der Waals surface area contributed by atoms with Crippen molar-refractivity contribution in [3.63, 3.8) is 0 Å². The van der Waals surface area contributed by atoms with Crippen LogP contribution in [0.2, 0.25) is 10.0 Å². The van der Waals surface area contributed by atoms with Crippen LogP contribution in [0.4, 0.5) is 4.79 Å². The molecule has 3 rings (SSSR count). The minimum Gasteiger partial charge on any atom is -0.348 e. The number of hydrogen-bond donors (Lipinski definition) is 1. The number of hydrogen-bond acceptors (Lipinski definition) is 1. The van der Waals surface area contributed by atoms with E-state index >= 15 is 0 Å². The van der Waals surface area contributed by atoms with Crippen LogP contribution in [0, 0.1) is 0 Å². The fourth-order valence-electron chi connectivity index (χ4n) is 3.05. The first-order valence-corrected chi connectivity index (χ1v) is 8.70. The third-order valence-electron chi connectivity index (χ3n) is 4.04. The molecule has 1 aromatic heterocycles. The molecule has 0 saturated carbocycles. The van der Waals surface area contributed by atoms with E-state index in [1.54, 1.807) is 6.07 Å². The summed E-state index contributed by atoms with van der Waals surface area (Å²) in [7, 11) is 0. The Morgan fingerprint density at radius 1 is 1.21 bits per heavy atom. The highest BCUT2D eigenvalue weighted by Crippen LogP contribution is 2.37. The van der Waals surface area contributed by atoms with Crippen molar-refractivity contribution in [2.45, 2.75) is 38.9 Å². The van der Waals surface area contributed by atoms with Crippen molar-refractivity contribution in [1.29, 1.82) is 0 Å². The normalized spacial score (nSPS) is 17.5. The average Bonchev–Trinajstić information content (AvgIpc) is 2.93. The maximum absolute atomic E-state index is 12.8. The Labute approximate surface area is 152 Å². The molecule has 6 heteroatoms. The Balaban J connectivity index is 2.04. The summed E-state index contributed by atoms with van der Waals surface area (Å²) >= 11 is 12.5. The summed E-state index contributed by atoms with van der Waals surface area (Å²) < 4.78 is 2.16. The molecule has 24 heavy (non-hydrogen) atoms. The van der Waals surface area contributed by atoms with Crippen LogP contribution in [0.3, 0.4) is 0 Å². The van der Waals surface area contributed by atoms with Crippen molar-refractivity contribution >= 4 is 29.2 Å². The predicted molar refractivity (Wildman–Crippen MR) is 97.7 cm³/mol. The smallest absolute Gasteiger partial charge is 0.318 e. The maximum atomic E-state index is 12.8. The molecule has 0 radical (unpaired) electrons. The van der Waals surface area contributed by atoms with E-state index in [1.807, 2.05) is 56.1 Å². The zero-order valence-corrected chi connectivity index (χ0v) is 15.5. The lowest BCUT2D eigenvalue weighted by molar-refractivity contribution is 0.161. The Kier molecular flexibility index (Phi) is 4.54. The van der Waals surface area contributed by atoms with E-state index in [2.05, 4.69) is 9.88 Å². The molecule has 2 amide bonds. The van der Waals surface area contributed by atoms with Gasteiger partial charge >= 0.3 is 6.03 Å². The molecule has 0 spiro atoms. The molecular weight excluding hydrogens is 345 g/mol. The Morgan fingerprint density at radius 3 is 2.62 bits per heavy atom. The summed E-state index contributed by atoms with van der Waals surface area (Å²) in [5, 5.41) is 4.20. The first-order chi connectivity index (χ1) is 11.3. The summed E-state index contributed by atoms with van der Waals surface area (Å²) in [6.07, 6.45) is 2.03. The van der Waals surface area contributed by atoms with Crippen molar-refractivity contribution in [1.82, 2.24) is 14.8 Å². The lowest BCUT2D eigenvalue weighted by Crippen LogP contribution is -2.52. The van der Waals surface area contributed by atoms with Crippen LogP contribution in [0.1, 0.15) is 38.1 Å². The van der Waals surface area contributed by atoms with Crippen LogP contribution < -0.4 is 5.32 Å². The topological polar surface area (TPSA) is 37.3 Å². The fourth-order valence-corrected chi connectivity index (χ4v) is 3.56. The van der Waals surface area contributed by atoms with Crippen LogP contribution >= 0.6 is 23.2 Å². The third kappa shape index (κ3) is 3.40. The van der Waals surface area contributed by atoms with Gasteiger partial charge in [-0.25, -0.2) is 4.79 Å². The van der Waals surface area contributed by atoms with Crippen LogP contribution in [0.25, 0.3) is 0 Å². The van der Waals surface area contributed by atoms with Crippen LogP contribution in [-0.4, -0.2) is 27.6 Å². The lowest BCUT2D eigenvalue weighted by atomic mass is 10.00. The number of halogens is 2. The number of fused-ring (bicyclic) bond motifs is 1. The van der Waals surface area contributed by atoms with E-state index in [0.717, 1.165) is 17.8 Å². The number of rotatable bonds is 1. The molecule has 0 unspecified atom stereocenters. The van der Waals surface area contributed by atoms with Crippen LogP contribution in [0.5, 0.6) is 0 Å². The molecule has 128 valence electrons. The minimum absolute atomic E-state index is 0.0917. The van der Waals surface area contributed by atoms with Gasteiger partial charge in [0.25, 0.3) is 0 Å². The molecule has 1 atom stereocenters. The molecule has 1 N–H and O–H groups in total. The van der Waals surface area contributed by atoms with Gasteiger partial charge in [0.15, 0.2) is 0 Å². The summed E-state index contributed by atoms with van der Waals surface area (Å²) in [6.45, 7) is 7.31. The number of amides is 2. The molecular formula is C18H21Cl2N3O. The highest BCUT2D eigenvalue weighted by atomic mass is 35.5. The van der Waals surface area contributed by atoms with Gasteiger partial charge in [0.1, 0.15) is 6.04 Å². The SMILES string of the molecule is CC(C)(C)NC(=O)N1CCn2cccc2[C@H]1c1ccc(Cl)cc1Cl. The van der Waals surface area contributed by atoms with E-state index in [-0.39, 0.29) is 17.6 Å². The molecule has 2 heterocycles. The number of nitrogens with zero attached hydrogens (tertiary/aromatic N) is 2. The molecule has 0 bridgehead atoms. The van der Waals surface area contributed by atoms with Crippen LogP contribution in [-0.2, 0) is 6.54 Å². The molecule has 1 aliphatic rings. The Hall–Kier alpha value is -1.65. The van der Waals surface area contributed by atoms with Gasteiger partial charge in [-0.3, -0.25) is 0 Å². The summed E-state index contributed by atoms with van der Waals surface area (Å²) in [6, 6.07) is 9.13. The van der Waals surface area contributed by atoms with Gasteiger partial charge in [-0.2, -0.15) is 0 Å². The maximum Gasteiger partial charge on any atom is 0.318 e. The third-order valence-corrected chi connectivity index (χ3v) is 4.60. The first-order valence-electron chi connectivity index (χ1n) is 7.95. The number of nitrogens with one attached hydrogen (secondary N) is 1. The van der Waals surface area contributed by atoms with Gasteiger partial charge in [-0.15, -0.1) is 0 Å². The predicted octanol–water partition coefficient (Wildman–Crippen LogP) is 4.71. The standard InChI is InChI=1S/C18H21Cl2N3O/c1-18(2,3)21-17(24)23-10-9-22-8-4-5-15(22)16(23)13-7-6-12(19)11-14(13)20/h4-8,11,16H,9-10H2,1-3H3,(H,21,24)/t16-/m1/s1. The Morgan fingerprint density at radius 2 is 1.96 bits per heavy atom. The van der Waals surface area contributed by atoms with E-state index in [9.17, 15) is 4.79 Å². The van der Waals surface area contributed by atoms with Crippen molar-refractivity contribution in [2.75, 3.05) is 6.54 Å². The van der Waals surface area contributed by atoms with Crippen LogP contribution in [0.15, 0.2) is 36.5 Å². The zero-order valence-electron chi connectivity index (χ0n) is 14.0. The van der Waals surface area contributed by atoms with E-state index in [0.29, 0.717) is 16.6 Å². The van der Waals surface area contributed by atoms with Gasteiger partial charge in [0.05, 0.1) is 0 Å². The van der Waals surface area contributed by atoms with Crippen molar-refractivity contribution in [3.8, 4) is 0 Å². The first kappa shape index (κ1) is 17.2. The second-order valence-electron chi connectivity index (χ2n) is 7.07. The van der Waals surface area contributed by atoms with Crippen molar-refractivity contribution in [2.24, 2.45) is 0 Å². The average molecular weight is 366 g/mol. The highest BCUT2D eigenvalue weighted by molar-refractivity contribution is 6.35. The number of carbonyl (C=O) groups is 1. The van der Waals surface area contributed by atoms with E-state index in [4.69, 9.17) is 23.2 Å². The number of aromatic nitrogens is 1. The molecule has 1 aliphatic heterocycles. The molecule has 0 saturated heterocycles.